The van der Waals surface area contributed by atoms with Gasteiger partial charge in [0.2, 0.25) is 15.3 Å². The monoisotopic (exact) mass is 289 g/mol. The van der Waals surface area contributed by atoms with Gasteiger partial charge >= 0.3 is 0 Å². The van der Waals surface area contributed by atoms with E-state index >= 15 is 0 Å². The molecule has 0 saturated heterocycles. The maximum Gasteiger partial charge on any atom is 0.239 e. The Balaban J connectivity index is 2.41. The summed E-state index contributed by atoms with van der Waals surface area (Å²) < 4.78 is 25.5. The molecule has 100 valence electrons. The summed E-state index contributed by atoms with van der Waals surface area (Å²) >= 11 is 5.20. The van der Waals surface area contributed by atoms with Crippen molar-refractivity contribution in [3.63, 3.8) is 0 Å². The van der Waals surface area contributed by atoms with Crippen LogP contribution in [0.25, 0.3) is 0 Å². The molecule has 0 bridgehead atoms. The molecular weight excluding hydrogens is 274 g/mol. The van der Waals surface area contributed by atoms with Crippen molar-refractivity contribution in [2.24, 2.45) is 0 Å². The van der Waals surface area contributed by atoms with E-state index < -0.39 is 21.3 Å². The van der Waals surface area contributed by atoms with Crippen LogP contribution >= 0.6 is 11.6 Å². The minimum Gasteiger partial charge on any atom is -0.279 e. The van der Waals surface area contributed by atoms with Gasteiger partial charge in [-0.2, -0.15) is 0 Å². The van der Waals surface area contributed by atoms with E-state index in [0.717, 1.165) is 5.56 Å². The molecule has 1 atom stereocenters. The topological polar surface area (TPSA) is 63.2 Å². The van der Waals surface area contributed by atoms with Gasteiger partial charge in [-0.25, -0.2) is 13.1 Å². The Hall–Kier alpha value is -0.910. The number of benzene rings is 1. The lowest BCUT2D eigenvalue weighted by Crippen LogP contribution is -2.37. The quantitative estimate of drug-likeness (QED) is 0.777. The van der Waals surface area contributed by atoms with Gasteiger partial charge in [0.15, 0.2) is 0 Å². The first-order valence-electron chi connectivity index (χ1n) is 5.64. The number of rotatable bonds is 7. The van der Waals surface area contributed by atoms with E-state index in [9.17, 15) is 13.2 Å². The number of nitrogens with one attached hydrogen (secondary N) is 1. The lowest BCUT2D eigenvalue weighted by Gasteiger charge is -2.10. The summed E-state index contributed by atoms with van der Waals surface area (Å²) in [7, 11) is -3.45. The maximum absolute atomic E-state index is 11.6. The van der Waals surface area contributed by atoms with E-state index in [4.69, 9.17) is 11.6 Å². The average Bonchev–Trinajstić information content (AvgIpc) is 2.29. The molecule has 4 nitrogen and oxygen atoms in total. The number of hydrogen-bond acceptors (Lipinski definition) is 3. The Bertz CT molecular complexity index is 487. The summed E-state index contributed by atoms with van der Waals surface area (Å²) in [6, 6.07) is 8.76. The Labute approximate surface area is 112 Å². The molecule has 1 rings (SSSR count). The van der Waals surface area contributed by atoms with Crippen molar-refractivity contribution in [2.45, 2.75) is 25.8 Å². The van der Waals surface area contributed by atoms with Gasteiger partial charge in [-0.15, -0.1) is 0 Å². The fraction of sp³-hybridized carbons (Fsp3) is 0.417. The normalized spacial score (nSPS) is 13.2. The van der Waals surface area contributed by atoms with E-state index in [-0.39, 0.29) is 5.75 Å². The second kappa shape index (κ2) is 6.87. The lowest BCUT2D eigenvalue weighted by molar-refractivity contribution is -0.112. The van der Waals surface area contributed by atoms with E-state index in [1.165, 1.54) is 6.92 Å². The molecule has 1 N–H and O–H groups in total. The van der Waals surface area contributed by atoms with Gasteiger partial charge in [-0.1, -0.05) is 30.3 Å². The van der Waals surface area contributed by atoms with Crippen LogP contribution < -0.4 is 4.72 Å². The molecule has 6 heteroatoms. The number of carbonyl (C=O) groups is 1. The van der Waals surface area contributed by atoms with Crippen LogP contribution in [0.15, 0.2) is 30.3 Å². The van der Waals surface area contributed by atoms with Crippen LogP contribution in [-0.4, -0.2) is 25.5 Å². The highest BCUT2D eigenvalue weighted by Crippen LogP contribution is 2.04. The number of aryl methyl sites for hydroxylation is 1. The summed E-state index contributed by atoms with van der Waals surface area (Å²) in [5.74, 6) is -0.0175. The molecule has 0 aliphatic heterocycles. The number of halogens is 1. The first-order valence-corrected chi connectivity index (χ1v) is 7.67. The molecule has 0 heterocycles. The van der Waals surface area contributed by atoms with Crippen LogP contribution in [0.3, 0.4) is 0 Å². The van der Waals surface area contributed by atoms with E-state index in [2.05, 4.69) is 4.72 Å². The van der Waals surface area contributed by atoms with Crippen molar-refractivity contribution < 1.29 is 13.2 Å². The highest BCUT2D eigenvalue weighted by atomic mass is 35.5. The second-order valence-electron chi connectivity index (χ2n) is 4.05. The van der Waals surface area contributed by atoms with E-state index in [1.807, 2.05) is 30.3 Å². The van der Waals surface area contributed by atoms with Gasteiger partial charge in [0.1, 0.15) is 0 Å². The van der Waals surface area contributed by atoms with Crippen LogP contribution in [-0.2, 0) is 21.2 Å². The number of carbonyl (C=O) groups excluding carboxylic acids is 1. The summed E-state index contributed by atoms with van der Waals surface area (Å²) in [6.45, 7) is 1.42. The molecule has 0 aromatic heterocycles. The predicted octanol–water partition coefficient (Wildman–Crippen LogP) is 1.69. The van der Waals surface area contributed by atoms with Crippen LogP contribution in [0.5, 0.6) is 0 Å². The fourth-order valence-corrected chi connectivity index (χ4v) is 2.89. The number of hydrogen-bond donors (Lipinski definition) is 1. The van der Waals surface area contributed by atoms with E-state index in [0.29, 0.717) is 12.8 Å². The zero-order chi connectivity index (χ0) is 13.6. The minimum absolute atomic E-state index is 0.0175. The lowest BCUT2D eigenvalue weighted by atomic mass is 10.1. The van der Waals surface area contributed by atoms with Crippen LogP contribution in [0.4, 0.5) is 0 Å². The molecule has 0 fully saturated rings. The van der Waals surface area contributed by atoms with Crippen molar-refractivity contribution >= 4 is 26.9 Å². The van der Waals surface area contributed by atoms with Gasteiger partial charge in [-0.3, -0.25) is 4.79 Å². The first kappa shape index (κ1) is 15.1. The molecule has 0 aliphatic carbocycles. The fourth-order valence-electron chi connectivity index (χ4n) is 1.49. The Morgan fingerprint density at radius 1 is 1.33 bits per heavy atom. The summed E-state index contributed by atoms with van der Waals surface area (Å²) in [5, 5.41) is -0.707. The van der Waals surface area contributed by atoms with Gasteiger partial charge in [0.25, 0.3) is 0 Å². The van der Waals surface area contributed by atoms with Crippen LogP contribution in [0.2, 0.25) is 0 Å². The smallest absolute Gasteiger partial charge is 0.239 e. The largest absolute Gasteiger partial charge is 0.279 e. The van der Waals surface area contributed by atoms with Gasteiger partial charge < -0.3 is 0 Å². The van der Waals surface area contributed by atoms with Crippen LogP contribution in [0.1, 0.15) is 18.9 Å². The average molecular weight is 290 g/mol. The Morgan fingerprint density at radius 2 is 1.94 bits per heavy atom. The molecule has 0 amide bonds. The predicted molar refractivity (Wildman–Crippen MR) is 72.0 cm³/mol. The molecular formula is C12H16ClNO3S. The standard InChI is InChI=1S/C12H16ClNO3S/c1-10(12(13)15)14-18(16,17)9-5-8-11-6-3-2-4-7-11/h2-4,6-7,10,14H,5,8-9H2,1H3. The Morgan fingerprint density at radius 3 is 2.50 bits per heavy atom. The van der Waals surface area contributed by atoms with Crippen molar-refractivity contribution in [3.8, 4) is 0 Å². The molecule has 0 aliphatic rings. The molecule has 1 aromatic carbocycles. The third-order valence-electron chi connectivity index (χ3n) is 2.42. The highest BCUT2D eigenvalue weighted by molar-refractivity contribution is 7.89. The van der Waals surface area contributed by atoms with Crippen molar-refractivity contribution in [3.05, 3.63) is 35.9 Å². The molecule has 18 heavy (non-hydrogen) atoms. The zero-order valence-electron chi connectivity index (χ0n) is 10.1. The molecule has 0 saturated carbocycles. The maximum atomic E-state index is 11.6. The van der Waals surface area contributed by atoms with Gasteiger partial charge in [0, 0.05) is 0 Å². The van der Waals surface area contributed by atoms with E-state index in [1.54, 1.807) is 0 Å². The first-order chi connectivity index (χ1) is 8.41. The summed E-state index contributed by atoms with van der Waals surface area (Å²) in [6.07, 6.45) is 1.19. The molecule has 1 unspecified atom stereocenters. The highest BCUT2D eigenvalue weighted by Gasteiger charge is 2.18. The summed E-state index contributed by atoms with van der Waals surface area (Å²) in [4.78, 5) is 10.8. The SMILES string of the molecule is CC(NS(=O)(=O)CCCc1ccccc1)C(=O)Cl. The second-order valence-corrected chi connectivity index (χ2v) is 6.30. The summed E-state index contributed by atoms with van der Waals surface area (Å²) in [5.41, 5.74) is 1.09. The molecule has 0 radical (unpaired) electrons. The molecule has 1 aromatic rings. The van der Waals surface area contributed by atoms with Crippen molar-refractivity contribution in [2.75, 3.05) is 5.75 Å². The van der Waals surface area contributed by atoms with Crippen molar-refractivity contribution in [1.29, 1.82) is 0 Å². The zero-order valence-corrected chi connectivity index (χ0v) is 11.7. The third-order valence-corrected chi connectivity index (χ3v) is 4.28. The third kappa shape index (κ3) is 5.62. The van der Waals surface area contributed by atoms with Crippen molar-refractivity contribution in [1.82, 2.24) is 4.72 Å². The van der Waals surface area contributed by atoms with Gasteiger partial charge in [0.05, 0.1) is 11.8 Å². The van der Waals surface area contributed by atoms with Gasteiger partial charge in [-0.05, 0) is 36.9 Å². The van der Waals surface area contributed by atoms with Crippen LogP contribution in [0, 0.1) is 0 Å². The minimum atomic E-state index is -3.45. The Kier molecular flexibility index (Phi) is 5.78. The molecule has 0 spiro atoms. The number of sulfonamides is 1.